The zero-order valence-electron chi connectivity index (χ0n) is 31.3. The van der Waals surface area contributed by atoms with Crippen LogP contribution in [-0.2, 0) is 51.7 Å². The van der Waals surface area contributed by atoms with E-state index in [1.807, 2.05) is 132 Å². The first-order valence-corrected chi connectivity index (χ1v) is 16.1. The average Bonchev–Trinajstić information content (AvgIpc) is 3.00. The van der Waals surface area contributed by atoms with Crippen LogP contribution in [0.25, 0.3) is 33.3 Å². The number of aliphatic hydroxyl groups excluding tert-OH is 2. The summed E-state index contributed by atoms with van der Waals surface area (Å²) in [4.78, 5) is 31.7. The molecule has 0 atom stereocenters. The Hall–Kier alpha value is -3.20. The molecule has 0 saturated carbocycles. The number of aliphatic hydroxyl groups is 2. The summed E-state index contributed by atoms with van der Waals surface area (Å²) in [5, 5.41) is 21.4. The summed E-state index contributed by atoms with van der Waals surface area (Å²) in [5.74, 6) is 0.208. The molecule has 2 heterocycles. The summed E-state index contributed by atoms with van der Waals surface area (Å²) in [5.41, 5.74) is 2.31. The number of pyridine rings is 2. The molecule has 4 aromatic rings. The largest absolute Gasteiger partial charge is 0.512 e. The second-order valence-corrected chi connectivity index (χ2v) is 15.8. The molecule has 0 unspecified atom stereocenters. The Morgan fingerprint density at radius 3 is 1.16 bits per heavy atom. The Labute approximate surface area is 328 Å². The van der Waals surface area contributed by atoms with Gasteiger partial charge in [-0.15, -0.1) is 58.3 Å². The van der Waals surface area contributed by atoms with E-state index in [9.17, 15) is 19.8 Å². The Morgan fingerprint density at radius 1 is 0.560 bits per heavy atom. The van der Waals surface area contributed by atoms with Gasteiger partial charge in [0.1, 0.15) is 11.5 Å². The van der Waals surface area contributed by atoms with Crippen LogP contribution < -0.4 is 0 Å². The van der Waals surface area contributed by atoms with Crippen molar-refractivity contribution in [3.63, 3.8) is 0 Å². The number of aromatic nitrogens is 2. The van der Waals surface area contributed by atoms with Crippen LogP contribution in [0.5, 0.6) is 0 Å². The number of hydrogen-bond acceptors (Lipinski definition) is 6. The Kier molecular flexibility index (Phi) is 18.2. The minimum absolute atomic E-state index is 0. The zero-order chi connectivity index (χ0) is 36.5. The number of allylic oxidation sites excluding steroid dienone is 4. The minimum atomic E-state index is -0.417. The molecule has 0 radical (unpaired) electrons. The SMILES string of the molecule is CC(C)(C)C(=O)/C=C(\O)C(C)(C)C.CC(C)(C)C(=O)/C=C(\O)C(C)(C)C.[Pt].[Pt].[c-]1cc2c[c-]c(-c3ccccn3)cc2cc1-c1ccccn1. The van der Waals surface area contributed by atoms with Crippen molar-refractivity contribution in [3.05, 3.63) is 109 Å². The summed E-state index contributed by atoms with van der Waals surface area (Å²) in [7, 11) is 0. The third-order valence-electron chi connectivity index (χ3n) is 7.13. The van der Waals surface area contributed by atoms with Gasteiger partial charge in [0.25, 0.3) is 0 Å². The van der Waals surface area contributed by atoms with Gasteiger partial charge < -0.3 is 20.2 Å². The third kappa shape index (κ3) is 15.4. The zero-order valence-corrected chi connectivity index (χ0v) is 35.9. The first-order valence-electron chi connectivity index (χ1n) is 16.1. The molecule has 2 aromatic carbocycles. The van der Waals surface area contributed by atoms with Crippen molar-refractivity contribution in [3.8, 4) is 22.5 Å². The van der Waals surface area contributed by atoms with Gasteiger partial charge in [0.2, 0.25) is 0 Å². The summed E-state index contributed by atoms with van der Waals surface area (Å²) < 4.78 is 0. The Balaban J connectivity index is 0.000000755. The van der Waals surface area contributed by atoms with Gasteiger partial charge in [-0.1, -0.05) is 107 Å². The van der Waals surface area contributed by atoms with Crippen molar-refractivity contribution in [2.75, 3.05) is 0 Å². The average molecular weight is 1040 g/mol. The summed E-state index contributed by atoms with van der Waals surface area (Å²) in [6.07, 6.45) is 6.26. The number of carbonyl (C=O) groups is 2. The second-order valence-electron chi connectivity index (χ2n) is 15.8. The Bertz CT molecular complexity index is 1610. The van der Waals surface area contributed by atoms with Crippen LogP contribution in [0.15, 0.2) is 96.7 Å². The van der Waals surface area contributed by atoms with E-state index in [4.69, 9.17) is 0 Å². The normalized spacial score (nSPS) is 12.2. The quantitative estimate of drug-likeness (QED) is 0.120. The molecule has 0 bridgehead atoms. The van der Waals surface area contributed by atoms with E-state index in [0.29, 0.717) is 0 Å². The number of nitrogens with zero attached hydrogens (tertiary/aromatic N) is 2. The monoisotopic (exact) mass is 1040 g/mol. The van der Waals surface area contributed by atoms with Gasteiger partial charge in [-0.3, -0.25) is 9.59 Å². The van der Waals surface area contributed by atoms with Gasteiger partial charge in [0.05, 0.1) is 0 Å². The van der Waals surface area contributed by atoms with Crippen LogP contribution in [0.4, 0.5) is 0 Å². The maximum absolute atomic E-state index is 11.5. The molecule has 4 rings (SSSR count). The molecular formula is C42H52N2O4Pt2-2. The Morgan fingerprint density at radius 2 is 0.900 bits per heavy atom. The van der Waals surface area contributed by atoms with E-state index in [1.54, 1.807) is 12.4 Å². The van der Waals surface area contributed by atoms with E-state index < -0.39 is 10.8 Å². The first kappa shape index (κ1) is 46.8. The molecule has 0 aliphatic carbocycles. The molecule has 8 heteroatoms. The molecule has 0 spiro atoms. The number of fused-ring (bicyclic) bond motifs is 1. The van der Waals surface area contributed by atoms with Crippen LogP contribution in [0.1, 0.15) is 83.1 Å². The molecular weight excluding hydrogens is 987 g/mol. The maximum atomic E-state index is 11.5. The van der Waals surface area contributed by atoms with Crippen LogP contribution in [-0.4, -0.2) is 31.7 Å². The summed E-state index contributed by atoms with van der Waals surface area (Å²) in [6.45, 7) is 22.2. The second kappa shape index (κ2) is 19.4. The molecule has 0 aliphatic rings. The number of benzene rings is 2. The summed E-state index contributed by atoms with van der Waals surface area (Å²) in [6, 6.07) is 26.5. The number of carbonyl (C=O) groups excluding carboxylic acids is 2. The molecule has 50 heavy (non-hydrogen) atoms. The predicted octanol–water partition coefficient (Wildman–Crippen LogP) is 10.7. The van der Waals surface area contributed by atoms with E-state index in [1.165, 1.54) is 12.2 Å². The van der Waals surface area contributed by atoms with Crippen molar-refractivity contribution in [2.45, 2.75) is 83.1 Å². The number of hydrogen-bond donors (Lipinski definition) is 2. The first-order chi connectivity index (χ1) is 22.0. The maximum Gasteiger partial charge on any atom is 0.164 e. The van der Waals surface area contributed by atoms with Gasteiger partial charge in [0.15, 0.2) is 11.6 Å². The van der Waals surface area contributed by atoms with E-state index >= 15 is 0 Å². The van der Waals surface area contributed by atoms with Gasteiger partial charge in [-0.2, -0.15) is 0 Å². The van der Waals surface area contributed by atoms with Gasteiger partial charge in [-0.05, 0) is 23.5 Å². The van der Waals surface area contributed by atoms with Crippen molar-refractivity contribution in [1.82, 2.24) is 9.97 Å². The van der Waals surface area contributed by atoms with Crippen molar-refractivity contribution in [2.24, 2.45) is 21.7 Å². The standard InChI is InChI=1S/C20H12N2.2C11H20O2.2Pt/c1-3-11-21-19(5-1)16-9-7-15-8-10-17(14-18(15)13-16)20-6-2-4-12-22-20;2*1-10(2,3)8(12)7-9(13)11(4,5)6;;/h1-8,11-14H;2*7,12H,1-6H3;;/q-2;;;;/b;2*8-7-;;. The van der Waals surface area contributed by atoms with Crippen LogP contribution in [0.3, 0.4) is 0 Å². The van der Waals surface area contributed by atoms with E-state index in [2.05, 4.69) is 34.2 Å². The molecule has 2 aromatic heterocycles. The predicted molar refractivity (Wildman–Crippen MR) is 197 cm³/mol. The van der Waals surface area contributed by atoms with Crippen LogP contribution in [0.2, 0.25) is 0 Å². The van der Waals surface area contributed by atoms with Crippen molar-refractivity contribution >= 4 is 22.3 Å². The molecule has 0 amide bonds. The number of ketones is 2. The van der Waals surface area contributed by atoms with Crippen LogP contribution >= 0.6 is 0 Å². The van der Waals surface area contributed by atoms with Gasteiger partial charge in [0, 0.05) is 88.3 Å². The fraction of sp³-hybridized carbons (Fsp3) is 0.381. The fourth-order valence-electron chi connectivity index (χ4n) is 3.58. The molecule has 276 valence electrons. The number of rotatable bonds is 4. The molecule has 0 saturated heterocycles. The minimum Gasteiger partial charge on any atom is -0.512 e. The van der Waals surface area contributed by atoms with E-state index in [-0.39, 0.29) is 76.0 Å². The van der Waals surface area contributed by atoms with E-state index in [0.717, 1.165) is 33.3 Å². The smallest absolute Gasteiger partial charge is 0.164 e. The van der Waals surface area contributed by atoms with Crippen molar-refractivity contribution < 1.29 is 61.9 Å². The molecule has 6 nitrogen and oxygen atoms in total. The van der Waals surface area contributed by atoms with Crippen LogP contribution in [0, 0.1) is 33.8 Å². The molecule has 0 fully saturated rings. The summed E-state index contributed by atoms with van der Waals surface area (Å²) >= 11 is 0. The van der Waals surface area contributed by atoms with Gasteiger partial charge in [-0.25, -0.2) is 0 Å². The topological polar surface area (TPSA) is 100 Å². The molecule has 2 N–H and O–H groups in total. The molecule has 0 aliphatic heterocycles. The van der Waals surface area contributed by atoms with Gasteiger partial charge >= 0.3 is 0 Å². The third-order valence-corrected chi connectivity index (χ3v) is 7.13. The fourth-order valence-corrected chi connectivity index (χ4v) is 3.58. The van der Waals surface area contributed by atoms with Crippen molar-refractivity contribution in [1.29, 1.82) is 0 Å².